The second kappa shape index (κ2) is 9.93. The van der Waals surface area contributed by atoms with Gasteiger partial charge in [-0.1, -0.05) is 48.5 Å². The first-order valence-electron chi connectivity index (χ1n) is 9.88. The topological polar surface area (TPSA) is 58.6 Å². The van der Waals surface area contributed by atoms with Crippen LogP contribution in [0.3, 0.4) is 0 Å². The van der Waals surface area contributed by atoms with Gasteiger partial charge in [0, 0.05) is 37.5 Å². The normalized spacial score (nSPS) is 14.5. The molecule has 2 aromatic carbocycles. The van der Waals surface area contributed by atoms with Gasteiger partial charge in [-0.05, 0) is 30.9 Å². The van der Waals surface area contributed by atoms with Crippen molar-refractivity contribution in [1.82, 2.24) is 10.2 Å². The minimum absolute atomic E-state index is 0.0344. The van der Waals surface area contributed by atoms with E-state index < -0.39 is 0 Å². The van der Waals surface area contributed by atoms with Crippen molar-refractivity contribution < 1.29 is 14.3 Å². The summed E-state index contributed by atoms with van der Waals surface area (Å²) in [5.41, 5.74) is 2.15. The molecule has 0 atom stereocenters. The van der Waals surface area contributed by atoms with Crippen molar-refractivity contribution in [3.05, 3.63) is 65.7 Å². The smallest absolute Gasteiger partial charge is 0.223 e. The average molecular weight is 380 g/mol. The van der Waals surface area contributed by atoms with Crippen LogP contribution < -0.4 is 10.1 Å². The van der Waals surface area contributed by atoms with E-state index in [0.717, 1.165) is 30.6 Å². The van der Waals surface area contributed by atoms with Gasteiger partial charge in [0.1, 0.15) is 5.75 Å². The summed E-state index contributed by atoms with van der Waals surface area (Å²) in [6, 6.07) is 17.8. The van der Waals surface area contributed by atoms with Gasteiger partial charge in [0.25, 0.3) is 0 Å². The molecule has 0 aliphatic carbocycles. The minimum Gasteiger partial charge on any atom is -0.496 e. The highest BCUT2D eigenvalue weighted by Gasteiger charge is 2.27. The monoisotopic (exact) mass is 380 g/mol. The number of rotatable bonds is 7. The van der Waals surface area contributed by atoms with Gasteiger partial charge in [-0.15, -0.1) is 0 Å². The molecule has 28 heavy (non-hydrogen) atoms. The van der Waals surface area contributed by atoms with E-state index in [1.165, 1.54) is 5.56 Å². The van der Waals surface area contributed by atoms with E-state index in [2.05, 4.69) is 5.32 Å². The van der Waals surface area contributed by atoms with Crippen LogP contribution in [0.15, 0.2) is 54.6 Å². The molecule has 0 radical (unpaired) electrons. The summed E-state index contributed by atoms with van der Waals surface area (Å²) >= 11 is 0. The first kappa shape index (κ1) is 19.9. The number of nitrogens with one attached hydrogen (secondary N) is 1. The highest BCUT2D eigenvalue weighted by molar-refractivity contribution is 5.80. The molecule has 0 bridgehead atoms. The highest BCUT2D eigenvalue weighted by atomic mass is 16.5. The van der Waals surface area contributed by atoms with E-state index in [4.69, 9.17) is 4.74 Å². The molecule has 1 saturated heterocycles. The molecule has 1 aliphatic heterocycles. The molecule has 5 nitrogen and oxygen atoms in total. The lowest BCUT2D eigenvalue weighted by Gasteiger charge is -2.31. The Hall–Kier alpha value is -2.82. The van der Waals surface area contributed by atoms with E-state index in [1.54, 1.807) is 7.11 Å². The summed E-state index contributed by atoms with van der Waals surface area (Å²) in [5.74, 6) is 0.980. The molecule has 148 valence electrons. The van der Waals surface area contributed by atoms with Gasteiger partial charge in [-0.25, -0.2) is 0 Å². The number of carbonyl (C=O) groups excluding carboxylic acids is 2. The van der Waals surface area contributed by atoms with E-state index in [-0.39, 0.29) is 17.7 Å². The molecule has 1 aliphatic rings. The zero-order chi connectivity index (χ0) is 19.8. The number of amides is 2. The number of likely N-dealkylation sites (tertiary alicyclic amines) is 1. The standard InChI is InChI=1S/C23H28N2O3/c1-28-21-10-6-5-9-20(21)17-24-23(27)19-13-15-25(16-14-19)22(26)12-11-18-7-3-2-4-8-18/h2-10,19H,11-17H2,1H3,(H,24,27). The van der Waals surface area contributed by atoms with Crippen LogP contribution >= 0.6 is 0 Å². The number of para-hydroxylation sites is 1. The molecule has 0 saturated carbocycles. The maximum Gasteiger partial charge on any atom is 0.223 e. The molecule has 5 heteroatoms. The van der Waals surface area contributed by atoms with Gasteiger partial charge in [-0.3, -0.25) is 9.59 Å². The van der Waals surface area contributed by atoms with Crippen LogP contribution in [0.5, 0.6) is 5.75 Å². The van der Waals surface area contributed by atoms with E-state index in [9.17, 15) is 9.59 Å². The summed E-state index contributed by atoms with van der Waals surface area (Å²) in [5, 5.41) is 3.01. The Kier molecular flexibility index (Phi) is 7.06. The summed E-state index contributed by atoms with van der Waals surface area (Å²) in [6.45, 7) is 1.76. The van der Waals surface area contributed by atoms with Gasteiger partial charge in [0.05, 0.1) is 7.11 Å². The van der Waals surface area contributed by atoms with Crippen LogP contribution in [-0.2, 0) is 22.6 Å². The number of ether oxygens (including phenoxy) is 1. The van der Waals surface area contributed by atoms with Gasteiger partial charge >= 0.3 is 0 Å². The van der Waals surface area contributed by atoms with E-state index in [0.29, 0.717) is 26.1 Å². The molecule has 1 N–H and O–H groups in total. The average Bonchev–Trinajstić information content (AvgIpc) is 2.76. The van der Waals surface area contributed by atoms with Crippen molar-refractivity contribution in [2.75, 3.05) is 20.2 Å². The summed E-state index contributed by atoms with van der Waals surface area (Å²) in [4.78, 5) is 26.8. The number of methoxy groups -OCH3 is 1. The third-order valence-corrected chi connectivity index (χ3v) is 5.33. The van der Waals surface area contributed by atoms with Crippen molar-refractivity contribution >= 4 is 11.8 Å². The fourth-order valence-electron chi connectivity index (χ4n) is 3.62. The quantitative estimate of drug-likeness (QED) is 0.803. The van der Waals surface area contributed by atoms with Crippen LogP contribution in [0, 0.1) is 5.92 Å². The number of piperidine rings is 1. The Morgan fingerprint density at radius 1 is 1.04 bits per heavy atom. The second-order valence-electron chi connectivity index (χ2n) is 7.17. The highest BCUT2D eigenvalue weighted by Crippen LogP contribution is 2.20. The Morgan fingerprint density at radius 2 is 1.71 bits per heavy atom. The third-order valence-electron chi connectivity index (χ3n) is 5.33. The Balaban J connectivity index is 1.41. The van der Waals surface area contributed by atoms with Gasteiger partial charge in [-0.2, -0.15) is 0 Å². The maximum atomic E-state index is 12.5. The van der Waals surface area contributed by atoms with Crippen molar-refractivity contribution in [1.29, 1.82) is 0 Å². The number of aryl methyl sites for hydroxylation is 1. The minimum atomic E-state index is -0.0344. The van der Waals surface area contributed by atoms with Crippen LogP contribution in [0.1, 0.15) is 30.4 Å². The molecular weight excluding hydrogens is 352 g/mol. The number of benzene rings is 2. The SMILES string of the molecule is COc1ccccc1CNC(=O)C1CCN(C(=O)CCc2ccccc2)CC1. The zero-order valence-corrected chi connectivity index (χ0v) is 16.4. The third kappa shape index (κ3) is 5.35. The van der Waals surface area contributed by atoms with Crippen LogP contribution in [-0.4, -0.2) is 36.9 Å². The molecular formula is C23H28N2O3. The molecule has 0 aromatic heterocycles. The fraction of sp³-hybridized carbons (Fsp3) is 0.391. The predicted octanol–water partition coefficient (Wildman–Crippen LogP) is 3.18. The van der Waals surface area contributed by atoms with Crippen molar-refractivity contribution in [2.24, 2.45) is 5.92 Å². The lowest BCUT2D eigenvalue weighted by Crippen LogP contribution is -2.43. The first-order chi connectivity index (χ1) is 13.7. The fourth-order valence-corrected chi connectivity index (χ4v) is 3.62. The lowest BCUT2D eigenvalue weighted by molar-refractivity contribution is -0.135. The van der Waals surface area contributed by atoms with Gasteiger partial charge < -0.3 is 15.0 Å². The number of hydrogen-bond acceptors (Lipinski definition) is 3. The van der Waals surface area contributed by atoms with Crippen molar-refractivity contribution in [2.45, 2.75) is 32.2 Å². The molecule has 1 heterocycles. The van der Waals surface area contributed by atoms with Crippen LogP contribution in [0.4, 0.5) is 0 Å². The summed E-state index contributed by atoms with van der Waals surface area (Å²) in [6.07, 6.45) is 2.72. The number of carbonyl (C=O) groups is 2. The van der Waals surface area contributed by atoms with Gasteiger partial charge in [0.15, 0.2) is 0 Å². The molecule has 3 rings (SSSR count). The van der Waals surface area contributed by atoms with Crippen LogP contribution in [0.25, 0.3) is 0 Å². The van der Waals surface area contributed by atoms with Gasteiger partial charge in [0.2, 0.25) is 11.8 Å². The molecule has 0 unspecified atom stereocenters. The van der Waals surface area contributed by atoms with E-state index >= 15 is 0 Å². The molecule has 2 amide bonds. The second-order valence-corrected chi connectivity index (χ2v) is 7.17. The summed E-state index contributed by atoms with van der Waals surface area (Å²) < 4.78 is 5.32. The lowest BCUT2D eigenvalue weighted by atomic mass is 9.95. The van der Waals surface area contributed by atoms with Crippen molar-refractivity contribution in [3.8, 4) is 5.75 Å². The van der Waals surface area contributed by atoms with E-state index in [1.807, 2.05) is 59.5 Å². The van der Waals surface area contributed by atoms with Crippen LogP contribution in [0.2, 0.25) is 0 Å². The largest absolute Gasteiger partial charge is 0.496 e. The molecule has 1 fully saturated rings. The Bertz CT molecular complexity index is 783. The summed E-state index contributed by atoms with van der Waals surface area (Å²) in [7, 11) is 1.63. The number of nitrogens with zero attached hydrogens (tertiary/aromatic N) is 1. The Labute approximate surface area is 166 Å². The predicted molar refractivity (Wildman–Crippen MR) is 109 cm³/mol. The molecule has 0 spiro atoms. The maximum absolute atomic E-state index is 12.5. The number of hydrogen-bond donors (Lipinski definition) is 1. The first-order valence-corrected chi connectivity index (χ1v) is 9.88. The van der Waals surface area contributed by atoms with Crippen molar-refractivity contribution in [3.63, 3.8) is 0 Å². The zero-order valence-electron chi connectivity index (χ0n) is 16.4. The Morgan fingerprint density at radius 3 is 2.43 bits per heavy atom. The molecule has 2 aromatic rings.